The fourth-order valence-electron chi connectivity index (χ4n) is 3.56. The number of amides is 1. The number of carbonyl (C=O) groups excluding carboxylic acids is 1. The second kappa shape index (κ2) is 6.42. The summed E-state index contributed by atoms with van der Waals surface area (Å²) in [5.41, 5.74) is 3.82. The van der Waals surface area contributed by atoms with Crippen molar-refractivity contribution >= 4 is 22.9 Å². The Labute approximate surface area is 162 Å². The second-order valence-corrected chi connectivity index (χ2v) is 6.60. The van der Waals surface area contributed by atoms with Crippen LogP contribution < -0.4 is 15.0 Å². The van der Waals surface area contributed by atoms with Crippen molar-refractivity contribution in [3.05, 3.63) is 90.4 Å². The molecule has 1 amide bonds. The van der Waals surface area contributed by atoms with Crippen molar-refractivity contribution in [1.29, 1.82) is 0 Å². The van der Waals surface area contributed by atoms with Crippen molar-refractivity contribution in [2.24, 2.45) is 0 Å². The minimum absolute atomic E-state index is 0.0680. The van der Waals surface area contributed by atoms with E-state index in [1.807, 2.05) is 83.5 Å². The average molecular weight is 370 g/mol. The summed E-state index contributed by atoms with van der Waals surface area (Å²) < 4.78 is 7.21. The molecular weight excluding hydrogens is 352 g/mol. The largest absolute Gasteiger partial charge is 0.497 e. The van der Waals surface area contributed by atoms with Gasteiger partial charge in [-0.2, -0.15) is 0 Å². The summed E-state index contributed by atoms with van der Waals surface area (Å²) in [6.07, 6.45) is 3.48. The van der Waals surface area contributed by atoms with Gasteiger partial charge in [-0.3, -0.25) is 9.69 Å². The van der Waals surface area contributed by atoms with Crippen molar-refractivity contribution in [3.63, 3.8) is 0 Å². The summed E-state index contributed by atoms with van der Waals surface area (Å²) in [4.78, 5) is 19.9. The predicted octanol–water partition coefficient (Wildman–Crippen LogP) is 4.11. The van der Waals surface area contributed by atoms with Crippen LogP contribution in [0.4, 0.5) is 11.4 Å². The first kappa shape index (κ1) is 16.4. The lowest BCUT2D eigenvalue weighted by atomic mass is 10.1. The van der Waals surface area contributed by atoms with Gasteiger partial charge in [0, 0.05) is 23.8 Å². The highest BCUT2D eigenvalue weighted by Crippen LogP contribution is 2.36. The molecule has 0 fully saturated rings. The molecule has 2 aromatic heterocycles. The number of benzene rings is 2. The standard InChI is InChI=1S/C22H18N4O2/c1-28-16-11-9-15(10-12-16)26-21(19-14-25-13-5-4-8-20(25)23-19)24-18-7-3-2-6-17(18)22(26)27/h2-14,21,24H,1H3. The van der Waals surface area contributed by atoms with E-state index in [4.69, 9.17) is 9.72 Å². The number of ether oxygens (including phenoxy) is 1. The van der Waals surface area contributed by atoms with Gasteiger partial charge in [0.05, 0.1) is 12.7 Å². The van der Waals surface area contributed by atoms with E-state index in [0.29, 0.717) is 5.56 Å². The van der Waals surface area contributed by atoms with Crippen LogP contribution in [0.1, 0.15) is 22.2 Å². The molecule has 0 saturated carbocycles. The number of nitrogens with zero attached hydrogens (tertiary/aromatic N) is 3. The Kier molecular flexibility index (Phi) is 3.76. The highest BCUT2D eigenvalue weighted by molar-refractivity contribution is 6.12. The SMILES string of the molecule is COc1ccc(N2C(=O)c3ccccc3NC2c2cn3ccccc3n2)cc1. The molecule has 0 saturated heterocycles. The molecule has 6 heteroatoms. The number of imidazole rings is 1. The summed E-state index contributed by atoms with van der Waals surface area (Å²) in [7, 11) is 1.62. The lowest BCUT2D eigenvalue weighted by Gasteiger charge is -2.37. The zero-order chi connectivity index (χ0) is 19.1. The van der Waals surface area contributed by atoms with Crippen molar-refractivity contribution in [2.45, 2.75) is 6.17 Å². The molecule has 1 N–H and O–H groups in total. The van der Waals surface area contributed by atoms with Crippen LogP contribution in [0.25, 0.3) is 5.65 Å². The van der Waals surface area contributed by atoms with E-state index in [9.17, 15) is 4.79 Å². The minimum Gasteiger partial charge on any atom is -0.497 e. The molecule has 1 aliphatic heterocycles. The maximum Gasteiger partial charge on any atom is 0.262 e. The third-order valence-corrected chi connectivity index (χ3v) is 4.94. The van der Waals surface area contributed by atoms with E-state index in [2.05, 4.69) is 5.32 Å². The molecule has 5 rings (SSSR count). The van der Waals surface area contributed by atoms with E-state index in [1.165, 1.54) is 0 Å². The highest BCUT2D eigenvalue weighted by atomic mass is 16.5. The van der Waals surface area contributed by atoms with Gasteiger partial charge in [0.25, 0.3) is 5.91 Å². The lowest BCUT2D eigenvalue weighted by molar-refractivity contribution is 0.0974. The topological polar surface area (TPSA) is 58.9 Å². The molecule has 138 valence electrons. The van der Waals surface area contributed by atoms with Gasteiger partial charge in [-0.1, -0.05) is 18.2 Å². The van der Waals surface area contributed by atoms with E-state index < -0.39 is 6.17 Å². The third kappa shape index (κ3) is 2.58. The Bertz CT molecular complexity index is 1130. The maximum atomic E-state index is 13.4. The van der Waals surface area contributed by atoms with E-state index in [0.717, 1.165) is 28.5 Å². The number of methoxy groups -OCH3 is 1. The summed E-state index contributed by atoms with van der Waals surface area (Å²) in [6.45, 7) is 0. The first-order valence-corrected chi connectivity index (χ1v) is 9.01. The number of anilines is 2. The van der Waals surface area contributed by atoms with Crippen LogP contribution in [0.5, 0.6) is 5.75 Å². The molecule has 28 heavy (non-hydrogen) atoms. The first-order chi connectivity index (χ1) is 13.7. The molecule has 1 aliphatic rings. The van der Waals surface area contributed by atoms with E-state index in [-0.39, 0.29) is 5.91 Å². The van der Waals surface area contributed by atoms with Crippen LogP contribution in [-0.4, -0.2) is 22.4 Å². The Morgan fingerprint density at radius 1 is 1.00 bits per heavy atom. The number of nitrogens with one attached hydrogen (secondary N) is 1. The minimum atomic E-state index is -0.421. The number of para-hydroxylation sites is 1. The molecular formula is C22H18N4O2. The Balaban J connectivity index is 1.65. The number of aromatic nitrogens is 2. The number of fused-ring (bicyclic) bond motifs is 2. The summed E-state index contributed by atoms with van der Waals surface area (Å²) >= 11 is 0. The van der Waals surface area contributed by atoms with Gasteiger partial charge in [-0.05, 0) is 48.5 Å². The lowest BCUT2D eigenvalue weighted by Crippen LogP contribution is -2.43. The van der Waals surface area contributed by atoms with Crippen LogP contribution in [0, 0.1) is 0 Å². The molecule has 0 aliphatic carbocycles. The smallest absolute Gasteiger partial charge is 0.262 e. The van der Waals surface area contributed by atoms with Crippen molar-refractivity contribution in [2.75, 3.05) is 17.3 Å². The Morgan fingerprint density at radius 3 is 2.57 bits per heavy atom. The summed E-state index contributed by atoms with van der Waals surface area (Å²) in [6, 6.07) is 20.9. The Hall–Kier alpha value is -3.80. The van der Waals surface area contributed by atoms with Gasteiger partial charge in [-0.15, -0.1) is 0 Å². The van der Waals surface area contributed by atoms with Crippen LogP contribution >= 0.6 is 0 Å². The molecule has 1 atom stereocenters. The van der Waals surface area contributed by atoms with Crippen LogP contribution in [0.15, 0.2) is 79.1 Å². The average Bonchev–Trinajstić information content (AvgIpc) is 3.18. The molecule has 0 radical (unpaired) electrons. The second-order valence-electron chi connectivity index (χ2n) is 6.60. The Morgan fingerprint density at radius 2 is 1.79 bits per heavy atom. The zero-order valence-corrected chi connectivity index (χ0v) is 15.2. The quantitative estimate of drug-likeness (QED) is 0.589. The number of rotatable bonds is 3. The van der Waals surface area contributed by atoms with Gasteiger partial charge < -0.3 is 14.5 Å². The zero-order valence-electron chi connectivity index (χ0n) is 15.2. The first-order valence-electron chi connectivity index (χ1n) is 9.01. The third-order valence-electron chi connectivity index (χ3n) is 4.94. The van der Waals surface area contributed by atoms with Crippen LogP contribution in [-0.2, 0) is 0 Å². The maximum absolute atomic E-state index is 13.4. The molecule has 3 heterocycles. The van der Waals surface area contributed by atoms with Gasteiger partial charge in [0.2, 0.25) is 0 Å². The van der Waals surface area contributed by atoms with Gasteiger partial charge >= 0.3 is 0 Å². The van der Waals surface area contributed by atoms with Gasteiger partial charge in [0.15, 0.2) is 6.17 Å². The van der Waals surface area contributed by atoms with Gasteiger partial charge in [-0.25, -0.2) is 4.98 Å². The van der Waals surface area contributed by atoms with Crippen LogP contribution in [0.2, 0.25) is 0 Å². The van der Waals surface area contributed by atoms with Crippen molar-refractivity contribution in [1.82, 2.24) is 9.38 Å². The molecule has 0 spiro atoms. The van der Waals surface area contributed by atoms with Crippen LogP contribution in [0.3, 0.4) is 0 Å². The van der Waals surface area contributed by atoms with Crippen molar-refractivity contribution < 1.29 is 9.53 Å². The van der Waals surface area contributed by atoms with Gasteiger partial charge in [0.1, 0.15) is 17.1 Å². The van der Waals surface area contributed by atoms with Crippen molar-refractivity contribution in [3.8, 4) is 5.75 Å². The predicted molar refractivity (Wildman–Crippen MR) is 108 cm³/mol. The molecule has 4 aromatic rings. The molecule has 1 unspecified atom stereocenters. The number of hydrogen-bond acceptors (Lipinski definition) is 4. The summed E-state index contributed by atoms with van der Waals surface area (Å²) in [5.74, 6) is 0.674. The fraction of sp³-hybridized carbons (Fsp3) is 0.0909. The molecule has 2 aromatic carbocycles. The number of carbonyl (C=O) groups is 1. The number of hydrogen-bond donors (Lipinski definition) is 1. The fourth-order valence-corrected chi connectivity index (χ4v) is 3.56. The normalized spacial score (nSPS) is 16.0. The van der Waals surface area contributed by atoms with E-state index in [1.54, 1.807) is 12.0 Å². The molecule has 6 nitrogen and oxygen atoms in total. The monoisotopic (exact) mass is 370 g/mol. The number of pyridine rings is 1. The highest BCUT2D eigenvalue weighted by Gasteiger charge is 2.35. The summed E-state index contributed by atoms with van der Waals surface area (Å²) in [5, 5.41) is 3.48. The van der Waals surface area contributed by atoms with E-state index >= 15 is 0 Å². The molecule has 0 bridgehead atoms.